The Labute approximate surface area is 303 Å². The monoisotopic (exact) mass is 733 g/mol. The molecule has 3 saturated heterocycles. The molecular weight excluding hydrogens is 691 g/mol. The minimum atomic E-state index is -2.69. The lowest BCUT2D eigenvalue weighted by molar-refractivity contribution is -0.0800. The molecule has 0 unspecified atom stereocenters. The summed E-state index contributed by atoms with van der Waals surface area (Å²) in [6.45, 7) is 4.00. The van der Waals surface area contributed by atoms with Crippen molar-refractivity contribution in [3.8, 4) is 17.0 Å². The fourth-order valence-corrected chi connectivity index (χ4v) is 8.55. The summed E-state index contributed by atoms with van der Waals surface area (Å²) in [4.78, 5) is 56.1. The van der Waals surface area contributed by atoms with Crippen LogP contribution in [-0.4, -0.2) is 100 Å². The van der Waals surface area contributed by atoms with Gasteiger partial charge in [0.05, 0.1) is 29.6 Å². The molecule has 5 aliphatic heterocycles. The minimum Gasteiger partial charge on any atom is -0.450 e. The fourth-order valence-electron chi connectivity index (χ4n) is 8.55. The highest BCUT2D eigenvalue weighted by Crippen LogP contribution is 2.39. The number of halogens is 3. The average Bonchev–Trinajstić information content (AvgIpc) is 3.12. The van der Waals surface area contributed by atoms with Gasteiger partial charge in [-0.05, 0) is 86.9 Å². The van der Waals surface area contributed by atoms with Gasteiger partial charge < -0.3 is 29.6 Å². The number of ether oxygens (including phenoxy) is 2. The second-order valence-corrected chi connectivity index (χ2v) is 15.0. The number of amides is 2. The number of nitrogens with zero attached hydrogens (tertiary/aromatic N) is 5. The summed E-state index contributed by atoms with van der Waals surface area (Å²) in [5.74, 6) is -3.01. The summed E-state index contributed by atoms with van der Waals surface area (Å²) in [6, 6.07) is 8.87. The zero-order valence-corrected chi connectivity index (χ0v) is 29.6. The Balaban J connectivity index is 1.15. The predicted octanol–water partition coefficient (Wildman–Crippen LogP) is 6.00. The Morgan fingerprint density at radius 2 is 1.85 bits per heavy atom. The molecule has 280 valence electrons. The Morgan fingerprint density at radius 1 is 1.04 bits per heavy atom. The van der Waals surface area contributed by atoms with Crippen LogP contribution in [0.15, 0.2) is 41.3 Å². The molecule has 7 heterocycles. The lowest BCUT2D eigenvalue weighted by atomic mass is 9.91. The van der Waals surface area contributed by atoms with E-state index in [-0.39, 0.29) is 48.4 Å². The number of rotatable bonds is 2. The van der Waals surface area contributed by atoms with Crippen LogP contribution < -0.4 is 20.6 Å². The zero-order chi connectivity index (χ0) is 36.9. The van der Waals surface area contributed by atoms with Crippen LogP contribution in [0.5, 0.6) is 5.75 Å². The molecule has 0 radical (unpaired) electrons. The normalized spacial score (nSPS) is 22.8. The molecule has 9 rings (SSSR count). The highest BCUT2D eigenvalue weighted by atomic mass is 19.3. The molecule has 53 heavy (non-hydrogen) atoms. The number of fused-ring (bicyclic) bond motifs is 6. The minimum absolute atomic E-state index is 0.0300. The second kappa shape index (κ2) is 13.8. The number of aromatic amines is 1. The highest BCUT2D eigenvalue weighted by Gasteiger charge is 2.39. The number of piperidine rings is 3. The van der Waals surface area contributed by atoms with Gasteiger partial charge >= 0.3 is 17.9 Å². The molecule has 15 heteroatoms. The molecule has 1 atom stereocenters. The zero-order valence-electron chi connectivity index (χ0n) is 29.6. The maximum Gasteiger partial charge on any atom is 0.415 e. The Hall–Kier alpha value is -4.92. The second-order valence-electron chi connectivity index (χ2n) is 15.0. The van der Waals surface area contributed by atoms with E-state index in [1.54, 1.807) is 17.0 Å². The lowest BCUT2D eigenvalue weighted by Crippen LogP contribution is -2.57. The molecule has 6 bridgehead atoms. The lowest BCUT2D eigenvalue weighted by Gasteiger charge is -2.41. The van der Waals surface area contributed by atoms with Crippen molar-refractivity contribution in [3.05, 3.63) is 58.4 Å². The smallest absolute Gasteiger partial charge is 0.415 e. The van der Waals surface area contributed by atoms with Crippen molar-refractivity contribution in [3.63, 3.8) is 0 Å². The van der Waals surface area contributed by atoms with Crippen LogP contribution in [-0.2, 0) is 11.2 Å². The molecule has 0 saturated carbocycles. The third-order valence-electron chi connectivity index (χ3n) is 11.1. The van der Waals surface area contributed by atoms with Crippen LogP contribution in [0.1, 0.15) is 57.4 Å². The first-order valence-electron chi connectivity index (χ1n) is 18.4. The Morgan fingerprint density at radius 3 is 2.66 bits per heavy atom. The van der Waals surface area contributed by atoms with Crippen LogP contribution in [0.4, 0.5) is 28.6 Å². The van der Waals surface area contributed by atoms with Crippen LogP contribution in [0, 0.1) is 5.82 Å². The van der Waals surface area contributed by atoms with Crippen molar-refractivity contribution in [1.82, 2.24) is 30.1 Å². The van der Waals surface area contributed by atoms with Gasteiger partial charge in [-0.15, -0.1) is 0 Å². The number of carbonyl (C=O) groups is 2. The third-order valence-corrected chi connectivity index (χ3v) is 11.1. The summed E-state index contributed by atoms with van der Waals surface area (Å²) < 4.78 is 56.6. The highest BCUT2D eigenvalue weighted by molar-refractivity contribution is 6.02. The van der Waals surface area contributed by atoms with Gasteiger partial charge in [-0.3, -0.25) is 9.88 Å². The number of alkyl carbamates (subject to hydrolysis) is 1. The molecule has 2 N–H and O–H groups in total. The maximum atomic E-state index is 16.9. The molecule has 2 aromatic heterocycles. The van der Waals surface area contributed by atoms with Gasteiger partial charge in [0.2, 0.25) is 0 Å². The number of carbonyl (C=O) groups excluding carboxylic acids is 2. The molecule has 2 aromatic carbocycles. The first-order valence-corrected chi connectivity index (χ1v) is 18.4. The van der Waals surface area contributed by atoms with E-state index >= 15 is 4.39 Å². The third kappa shape index (κ3) is 7.10. The number of hydrogen-bond donors (Lipinski definition) is 2. The number of aryl methyl sites for hydroxylation is 1. The van der Waals surface area contributed by atoms with Crippen molar-refractivity contribution in [2.24, 2.45) is 0 Å². The molecule has 0 aliphatic carbocycles. The van der Waals surface area contributed by atoms with E-state index in [0.717, 1.165) is 5.56 Å². The van der Waals surface area contributed by atoms with Gasteiger partial charge in [0, 0.05) is 50.4 Å². The SMILES string of the molecule is C[C@@]12CCCN(C1)c1nc(=O)[nH]c3c(F)c(ncc13)-c1cc(OC(=O)N3CCC(N4CCCC(F)(F)C4)CC3)cc3cccc(c13)CCCOC(=O)N2. The van der Waals surface area contributed by atoms with Gasteiger partial charge in [0.1, 0.15) is 17.3 Å². The average molecular weight is 734 g/mol. The Bertz CT molecular complexity index is 2140. The summed E-state index contributed by atoms with van der Waals surface area (Å²) >= 11 is 0. The van der Waals surface area contributed by atoms with Crippen LogP contribution in [0.3, 0.4) is 0 Å². The van der Waals surface area contributed by atoms with Crippen molar-refractivity contribution in [2.45, 2.75) is 75.8 Å². The summed E-state index contributed by atoms with van der Waals surface area (Å²) in [5.41, 5.74) is -0.308. The number of aromatic nitrogens is 3. The van der Waals surface area contributed by atoms with Gasteiger partial charge in [-0.2, -0.15) is 4.98 Å². The molecule has 0 spiro atoms. The predicted molar refractivity (Wildman–Crippen MR) is 192 cm³/mol. The van der Waals surface area contributed by atoms with Crippen molar-refractivity contribution >= 4 is 39.7 Å². The molecular formula is C38H42F3N7O5. The number of H-pyrrole nitrogens is 1. The Kier molecular flexibility index (Phi) is 9.15. The topological polar surface area (TPSA) is 133 Å². The quantitative estimate of drug-likeness (QED) is 0.255. The number of benzene rings is 2. The van der Waals surface area contributed by atoms with E-state index < -0.39 is 35.2 Å². The number of hydrogen-bond acceptors (Lipinski definition) is 9. The fraction of sp³-hybridized carbons (Fsp3) is 0.500. The van der Waals surface area contributed by atoms with Crippen LogP contribution in [0.2, 0.25) is 0 Å². The number of pyridine rings is 1. The largest absolute Gasteiger partial charge is 0.450 e. The number of nitrogens with one attached hydrogen (secondary N) is 2. The van der Waals surface area contributed by atoms with Crippen molar-refractivity contribution in [2.75, 3.05) is 50.8 Å². The van der Waals surface area contributed by atoms with Crippen molar-refractivity contribution in [1.29, 1.82) is 0 Å². The number of alkyl halides is 2. The summed E-state index contributed by atoms with van der Waals surface area (Å²) in [7, 11) is 0. The number of likely N-dealkylation sites (tertiary alicyclic amines) is 2. The first kappa shape index (κ1) is 35.1. The molecule has 3 fully saturated rings. The summed E-state index contributed by atoms with van der Waals surface area (Å²) in [6.07, 6.45) is 4.18. The van der Waals surface area contributed by atoms with Gasteiger partial charge in [-0.25, -0.2) is 27.6 Å². The molecule has 12 nitrogen and oxygen atoms in total. The number of anilines is 1. The van der Waals surface area contributed by atoms with Gasteiger partial charge in [-0.1, -0.05) is 18.2 Å². The van der Waals surface area contributed by atoms with Crippen LogP contribution in [0.25, 0.3) is 32.9 Å². The van der Waals surface area contributed by atoms with E-state index in [1.807, 2.05) is 34.9 Å². The van der Waals surface area contributed by atoms with Gasteiger partial charge in [0.25, 0.3) is 5.92 Å². The van der Waals surface area contributed by atoms with Crippen molar-refractivity contribution < 1.29 is 32.2 Å². The first-order chi connectivity index (χ1) is 25.5. The van der Waals surface area contributed by atoms with E-state index in [9.17, 15) is 23.2 Å². The molecule has 4 aromatic rings. The molecule has 2 amide bonds. The van der Waals surface area contributed by atoms with E-state index in [2.05, 4.69) is 20.3 Å². The molecule has 5 aliphatic rings. The van der Waals surface area contributed by atoms with Gasteiger partial charge in [0.15, 0.2) is 5.82 Å². The van der Waals surface area contributed by atoms with E-state index in [1.165, 1.54) is 6.20 Å². The van der Waals surface area contributed by atoms with Crippen LogP contribution >= 0.6 is 0 Å². The standard InChI is InChI=1S/C38H42F3N7O5/c1-37-11-4-14-48(21-37)33-28-20-42-31(30(39)32(28)43-34(49)44-33)27-19-26(18-24-7-2-6-23(29(24)27)8-3-17-52-35(50)45-37)53-36(51)46-15-9-25(10-16-46)47-13-5-12-38(40,41)22-47/h2,6-7,18-20,25H,3-5,8-17,21-22H2,1H3,(H,45,50)(H,43,44,49)/t37-/m1/s1. The maximum absolute atomic E-state index is 16.9. The van der Waals surface area contributed by atoms with E-state index in [4.69, 9.17) is 9.47 Å². The summed E-state index contributed by atoms with van der Waals surface area (Å²) in [5, 5.41) is 4.65. The van der Waals surface area contributed by atoms with E-state index in [0.29, 0.717) is 99.4 Å².